The number of anilines is 1. The van der Waals surface area contributed by atoms with Gasteiger partial charge < -0.3 is 14.5 Å². The quantitative estimate of drug-likeness (QED) is 0.414. The van der Waals surface area contributed by atoms with Crippen LogP contribution < -0.4 is 10.1 Å². The van der Waals surface area contributed by atoms with Gasteiger partial charge in [0, 0.05) is 11.1 Å². The summed E-state index contributed by atoms with van der Waals surface area (Å²) in [6, 6.07) is 19.1. The van der Waals surface area contributed by atoms with E-state index in [-0.39, 0.29) is 17.7 Å². The van der Waals surface area contributed by atoms with E-state index in [0.29, 0.717) is 38.2 Å². The van der Waals surface area contributed by atoms with E-state index < -0.39 is 0 Å². The molecule has 150 valence electrons. The summed E-state index contributed by atoms with van der Waals surface area (Å²) < 4.78 is 11.0. The lowest BCUT2D eigenvalue weighted by Gasteiger charge is -2.09. The largest absolute Gasteiger partial charge is 0.497 e. The molecule has 1 amide bonds. The zero-order chi connectivity index (χ0) is 21.1. The number of halogens is 2. The summed E-state index contributed by atoms with van der Waals surface area (Å²) in [4.78, 5) is 12.7. The Morgan fingerprint density at radius 2 is 1.73 bits per heavy atom. The SMILES string of the molecule is COc1cccc(C(=O)Nc2ccccc2-c2nnc(-c3ccc(Cl)c(Cl)c3)o2)c1. The number of benzene rings is 3. The predicted molar refractivity (Wildman–Crippen MR) is 116 cm³/mol. The van der Waals surface area contributed by atoms with Crippen LogP contribution in [-0.2, 0) is 0 Å². The molecule has 1 heterocycles. The van der Waals surface area contributed by atoms with Gasteiger partial charge in [0.2, 0.25) is 11.8 Å². The summed E-state index contributed by atoms with van der Waals surface area (Å²) in [7, 11) is 1.55. The van der Waals surface area contributed by atoms with Crippen LogP contribution in [0.3, 0.4) is 0 Å². The Morgan fingerprint density at radius 3 is 2.53 bits per heavy atom. The van der Waals surface area contributed by atoms with E-state index in [2.05, 4.69) is 15.5 Å². The number of nitrogens with one attached hydrogen (secondary N) is 1. The van der Waals surface area contributed by atoms with E-state index in [9.17, 15) is 4.79 Å². The van der Waals surface area contributed by atoms with Crippen molar-refractivity contribution >= 4 is 34.8 Å². The Kier molecular flexibility index (Phi) is 5.70. The molecular weight excluding hydrogens is 425 g/mol. The van der Waals surface area contributed by atoms with Gasteiger partial charge in [-0.2, -0.15) is 0 Å². The maximum atomic E-state index is 12.7. The summed E-state index contributed by atoms with van der Waals surface area (Å²) >= 11 is 12.0. The first-order valence-electron chi connectivity index (χ1n) is 8.89. The monoisotopic (exact) mass is 439 g/mol. The van der Waals surface area contributed by atoms with Crippen molar-refractivity contribution in [1.29, 1.82) is 0 Å². The highest BCUT2D eigenvalue weighted by Gasteiger charge is 2.16. The van der Waals surface area contributed by atoms with Crippen LogP contribution in [0.15, 0.2) is 71.1 Å². The molecule has 0 aliphatic rings. The van der Waals surface area contributed by atoms with Crippen LogP contribution in [0, 0.1) is 0 Å². The number of hydrogen-bond acceptors (Lipinski definition) is 5. The van der Waals surface area contributed by atoms with Crippen molar-refractivity contribution in [1.82, 2.24) is 10.2 Å². The van der Waals surface area contributed by atoms with Crippen molar-refractivity contribution in [2.24, 2.45) is 0 Å². The third-order valence-corrected chi connectivity index (χ3v) is 5.07. The molecule has 4 aromatic rings. The van der Waals surface area contributed by atoms with Gasteiger partial charge in [-0.1, -0.05) is 41.4 Å². The van der Waals surface area contributed by atoms with Gasteiger partial charge >= 0.3 is 0 Å². The van der Waals surface area contributed by atoms with Gasteiger partial charge in [-0.15, -0.1) is 10.2 Å². The van der Waals surface area contributed by atoms with Gasteiger partial charge in [0.15, 0.2) is 0 Å². The van der Waals surface area contributed by atoms with Crippen LogP contribution in [0.25, 0.3) is 22.9 Å². The zero-order valence-electron chi connectivity index (χ0n) is 15.7. The van der Waals surface area contributed by atoms with Gasteiger partial charge in [0.1, 0.15) is 5.75 Å². The predicted octanol–water partition coefficient (Wildman–Crippen LogP) is 5.97. The van der Waals surface area contributed by atoms with Crippen molar-refractivity contribution in [3.63, 3.8) is 0 Å². The van der Waals surface area contributed by atoms with E-state index in [1.165, 1.54) is 0 Å². The van der Waals surface area contributed by atoms with Gasteiger partial charge in [0.25, 0.3) is 5.91 Å². The third kappa shape index (κ3) is 4.15. The fourth-order valence-electron chi connectivity index (χ4n) is 2.82. The number of para-hydroxylation sites is 1. The standard InChI is InChI=1S/C22H15Cl2N3O3/c1-29-15-6-4-5-13(11-15)20(28)25-19-8-3-2-7-16(19)22-27-26-21(30-22)14-9-10-17(23)18(24)12-14/h2-12H,1H3,(H,25,28). The Morgan fingerprint density at radius 1 is 0.933 bits per heavy atom. The number of amides is 1. The van der Waals surface area contributed by atoms with Crippen molar-refractivity contribution in [3.05, 3.63) is 82.3 Å². The van der Waals surface area contributed by atoms with Crippen LogP contribution in [0.5, 0.6) is 5.75 Å². The fourth-order valence-corrected chi connectivity index (χ4v) is 3.11. The molecule has 1 aromatic heterocycles. The summed E-state index contributed by atoms with van der Waals surface area (Å²) in [6.45, 7) is 0. The number of carbonyl (C=O) groups is 1. The van der Waals surface area contributed by atoms with E-state index in [1.54, 1.807) is 67.8 Å². The normalized spacial score (nSPS) is 10.6. The minimum atomic E-state index is -0.287. The Labute approximate surface area is 182 Å². The lowest BCUT2D eigenvalue weighted by atomic mass is 10.1. The molecule has 30 heavy (non-hydrogen) atoms. The summed E-state index contributed by atoms with van der Waals surface area (Å²) in [5, 5.41) is 11.9. The lowest BCUT2D eigenvalue weighted by Crippen LogP contribution is -2.12. The zero-order valence-corrected chi connectivity index (χ0v) is 17.2. The van der Waals surface area contributed by atoms with Gasteiger partial charge in [-0.05, 0) is 48.5 Å². The lowest BCUT2D eigenvalue weighted by molar-refractivity contribution is 0.102. The number of hydrogen-bond donors (Lipinski definition) is 1. The first-order valence-corrected chi connectivity index (χ1v) is 9.64. The second kappa shape index (κ2) is 8.57. The number of nitrogens with zero attached hydrogens (tertiary/aromatic N) is 2. The van der Waals surface area contributed by atoms with Crippen molar-refractivity contribution < 1.29 is 13.9 Å². The molecule has 8 heteroatoms. The van der Waals surface area contributed by atoms with E-state index in [1.807, 2.05) is 6.07 Å². The third-order valence-electron chi connectivity index (χ3n) is 4.33. The molecule has 3 aromatic carbocycles. The maximum Gasteiger partial charge on any atom is 0.255 e. The van der Waals surface area contributed by atoms with Gasteiger partial charge in [-0.25, -0.2) is 0 Å². The Balaban J connectivity index is 1.63. The second-order valence-electron chi connectivity index (χ2n) is 6.27. The van der Waals surface area contributed by atoms with Crippen LogP contribution >= 0.6 is 23.2 Å². The van der Waals surface area contributed by atoms with Crippen LogP contribution in [0.4, 0.5) is 5.69 Å². The van der Waals surface area contributed by atoms with Gasteiger partial charge in [-0.3, -0.25) is 4.79 Å². The Bertz CT molecular complexity index is 1220. The highest BCUT2D eigenvalue weighted by atomic mass is 35.5. The number of rotatable bonds is 5. The molecule has 0 bridgehead atoms. The van der Waals surface area contributed by atoms with Crippen LogP contribution in [0.1, 0.15) is 10.4 Å². The molecule has 0 saturated heterocycles. The average molecular weight is 440 g/mol. The first-order chi connectivity index (χ1) is 14.5. The maximum absolute atomic E-state index is 12.7. The van der Waals surface area contributed by atoms with E-state index in [0.717, 1.165) is 0 Å². The summed E-state index contributed by atoms with van der Waals surface area (Å²) in [6.07, 6.45) is 0. The highest BCUT2D eigenvalue weighted by molar-refractivity contribution is 6.42. The smallest absolute Gasteiger partial charge is 0.255 e. The number of aromatic nitrogens is 2. The molecule has 0 saturated carbocycles. The van der Waals surface area contributed by atoms with E-state index in [4.69, 9.17) is 32.4 Å². The molecule has 0 aliphatic carbocycles. The van der Waals surface area contributed by atoms with Gasteiger partial charge in [0.05, 0.1) is 28.4 Å². The minimum absolute atomic E-state index is 0.262. The second-order valence-corrected chi connectivity index (χ2v) is 7.09. The topological polar surface area (TPSA) is 77.2 Å². The molecule has 0 aliphatic heterocycles. The molecule has 6 nitrogen and oxygen atoms in total. The highest BCUT2D eigenvalue weighted by Crippen LogP contribution is 2.32. The molecular formula is C22H15Cl2N3O3. The molecule has 1 N–H and O–H groups in total. The summed E-state index contributed by atoms with van der Waals surface area (Å²) in [5.74, 6) is 0.861. The molecule has 0 unspecified atom stereocenters. The van der Waals surface area contributed by atoms with Crippen molar-refractivity contribution in [2.75, 3.05) is 12.4 Å². The average Bonchev–Trinajstić information content (AvgIpc) is 3.26. The van der Waals surface area contributed by atoms with Crippen molar-refractivity contribution in [2.45, 2.75) is 0 Å². The molecule has 4 rings (SSSR count). The molecule has 0 atom stereocenters. The number of carbonyl (C=O) groups excluding carboxylic acids is 1. The first kappa shape index (κ1) is 19.9. The molecule has 0 radical (unpaired) electrons. The van der Waals surface area contributed by atoms with Crippen molar-refractivity contribution in [3.8, 4) is 28.7 Å². The number of methoxy groups -OCH3 is 1. The fraction of sp³-hybridized carbons (Fsp3) is 0.0455. The molecule has 0 spiro atoms. The Hall–Kier alpha value is -3.35. The van der Waals surface area contributed by atoms with E-state index >= 15 is 0 Å². The van der Waals surface area contributed by atoms with Crippen LogP contribution in [0.2, 0.25) is 10.0 Å². The van der Waals surface area contributed by atoms with Crippen LogP contribution in [-0.4, -0.2) is 23.2 Å². The number of ether oxygens (including phenoxy) is 1. The molecule has 0 fully saturated rings. The summed E-state index contributed by atoms with van der Waals surface area (Å²) in [5.41, 5.74) is 2.23. The minimum Gasteiger partial charge on any atom is -0.497 e.